The van der Waals surface area contributed by atoms with Crippen molar-refractivity contribution in [2.24, 2.45) is 0 Å². The largest absolute Gasteiger partial charge is 0.369 e. The van der Waals surface area contributed by atoms with Gasteiger partial charge in [0.25, 0.3) is 0 Å². The zero-order valence-corrected chi connectivity index (χ0v) is 11.9. The van der Waals surface area contributed by atoms with E-state index in [-0.39, 0.29) is 0 Å². The molecule has 0 radical (unpaired) electrons. The highest BCUT2D eigenvalue weighted by Gasteiger charge is 2.05. The Balaban J connectivity index is 2.37. The van der Waals surface area contributed by atoms with Gasteiger partial charge < -0.3 is 15.5 Å². The summed E-state index contributed by atoms with van der Waals surface area (Å²) in [4.78, 5) is 10.9. The van der Waals surface area contributed by atoms with Crippen molar-refractivity contribution in [3.63, 3.8) is 0 Å². The maximum Gasteiger partial charge on any atom is 0.224 e. The van der Waals surface area contributed by atoms with Crippen molar-refractivity contribution in [2.75, 3.05) is 37.3 Å². The third kappa shape index (κ3) is 4.87. The highest BCUT2D eigenvalue weighted by Crippen LogP contribution is 2.05. The molecule has 0 spiro atoms. The molecule has 1 aromatic rings. The fourth-order valence-corrected chi connectivity index (χ4v) is 1.59. The summed E-state index contributed by atoms with van der Waals surface area (Å²) < 4.78 is 0. The van der Waals surface area contributed by atoms with Gasteiger partial charge in [-0.15, -0.1) is 0 Å². The van der Waals surface area contributed by atoms with Crippen LogP contribution < -0.4 is 10.6 Å². The van der Waals surface area contributed by atoms with E-state index in [9.17, 15) is 0 Å². The predicted molar refractivity (Wildman–Crippen MR) is 77.1 cm³/mol. The maximum atomic E-state index is 4.37. The Morgan fingerprint density at radius 1 is 1.33 bits per heavy atom. The van der Waals surface area contributed by atoms with Crippen LogP contribution in [0.1, 0.15) is 27.2 Å². The number of hydrogen-bond acceptors (Lipinski definition) is 5. The third-order valence-electron chi connectivity index (χ3n) is 3.10. The molecular formula is C13H25N5. The molecule has 0 saturated carbocycles. The minimum atomic E-state index is 0.620. The smallest absolute Gasteiger partial charge is 0.224 e. The first-order valence-electron chi connectivity index (χ1n) is 6.68. The Labute approximate surface area is 110 Å². The Morgan fingerprint density at radius 3 is 2.78 bits per heavy atom. The second kappa shape index (κ2) is 7.87. The second-order valence-corrected chi connectivity index (χ2v) is 4.46. The molecule has 0 aliphatic carbocycles. The van der Waals surface area contributed by atoms with E-state index in [4.69, 9.17) is 0 Å². The zero-order chi connectivity index (χ0) is 13.4. The normalized spacial score (nSPS) is 12.5. The van der Waals surface area contributed by atoms with E-state index >= 15 is 0 Å². The van der Waals surface area contributed by atoms with Gasteiger partial charge in [0.15, 0.2) is 0 Å². The van der Waals surface area contributed by atoms with Crippen LogP contribution in [0.15, 0.2) is 12.3 Å². The molecule has 0 aliphatic heterocycles. The molecule has 0 fully saturated rings. The molecule has 18 heavy (non-hydrogen) atoms. The fourth-order valence-electron chi connectivity index (χ4n) is 1.59. The third-order valence-corrected chi connectivity index (χ3v) is 3.10. The van der Waals surface area contributed by atoms with Crippen LogP contribution in [0.2, 0.25) is 0 Å². The van der Waals surface area contributed by atoms with Crippen LogP contribution in [0.3, 0.4) is 0 Å². The molecule has 2 N–H and O–H groups in total. The molecule has 5 heteroatoms. The number of anilines is 2. The highest BCUT2D eigenvalue weighted by molar-refractivity contribution is 5.39. The molecule has 0 aromatic carbocycles. The summed E-state index contributed by atoms with van der Waals surface area (Å²) >= 11 is 0. The summed E-state index contributed by atoms with van der Waals surface area (Å²) in [6, 6.07) is 2.51. The van der Waals surface area contributed by atoms with Gasteiger partial charge in [-0.05, 0) is 33.4 Å². The Kier molecular flexibility index (Phi) is 6.43. The van der Waals surface area contributed by atoms with Gasteiger partial charge in [0.05, 0.1) is 0 Å². The lowest BCUT2D eigenvalue weighted by Crippen LogP contribution is -2.32. The van der Waals surface area contributed by atoms with Crippen LogP contribution in [0.4, 0.5) is 11.8 Å². The molecule has 1 unspecified atom stereocenters. The van der Waals surface area contributed by atoms with Crippen molar-refractivity contribution in [2.45, 2.75) is 33.2 Å². The molecule has 102 valence electrons. The van der Waals surface area contributed by atoms with Gasteiger partial charge in [-0.1, -0.05) is 6.92 Å². The van der Waals surface area contributed by atoms with Crippen LogP contribution >= 0.6 is 0 Å². The Bertz CT molecular complexity index is 342. The van der Waals surface area contributed by atoms with Crippen molar-refractivity contribution in [1.29, 1.82) is 0 Å². The number of nitrogens with zero attached hydrogens (tertiary/aromatic N) is 3. The molecule has 5 nitrogen and oxygen atoms in total. The number of rotatable bonds is 8. The molecule has 0 bridgehead atoms. The maximum absolute atomic E-state index is 4.37. The predicted octanol–water partition coefficient (Wildman–Crippen LogP) is 2.05. The van der Waals surface area contributed by atoms with E-state index in [1.165, 1.54) is 6.42 Å². The summed E-state index contributed by atoms with van der Waals surface area (Å²) in [6.45, 7) is 9.22. The van der Waals surface area contributed by atoms with Crippen molar-refractivity contribution < 1.29 is 0 Å². The molecule has 1 atom stereocenters. The molecule has 1 aromatic heterocycles. The number of hydrogen-bond donors (Lipinski definition) is 2. The average Bonchev–Trinajstić information content (AvgIpc) is 2.38. The Morgan fingerprint density at radius 2 is 2.11 bits per heavy atom. The number of nitrogens with one attached hydrogen (secondary N) is 2. The van der Waals surface area contributed by atoms with Crippen LogP contribution in [0.5, 0.6) is 0 Å². The fraction of sp³-hybridized carbons (Fsp3) is 0.692. The van der Waals surface area contributed by atoms with E-state index < -0.39 is 0 Å². The Hall–Kier alpha value is -1.36. The van der Waals surface area contributed by atoms with Gasteiger partial charge in [-0.25, -0.2) is 4.98 Å². The van der Waals surface area contributed by atoms with Gasteiger partial charge >= 0.3 is 0 Å². The van der Waals surface area contributed by atoms with E-state index in [0.717, 1.165) is 25.5 Å². The first-order valence-corrected chi connectivity index (χ1v) is 6.68. The molecule has 1 rings (SSSR count). The van der Waals surface area contributed by atoms with Gasteiger partial charge in [-0.3, -0.25) is 0 Å². The lowest BCUT2D eigenvalue weighted by molar-refractivity contribution is 0.261. The van der Waals surface area contributed by atoms with Gasteiger partial charge in [0, 0.05) is 31.9 Å². The number of likely N-dealkylation sites (N-methyl/N-ethyl adjacent to an activating group) is 1. The summed E-state index contributed by atoms with van der Waals surface area (Å²) in [7, 11) is 2.15. The highest BCUT2D eigenvalue weighted by atomic mass is 15.2. The summed E-state index contributed by atoms with van der Waals surface area (Å²) in [5.41, 5.74) is 0. The molecule has 0 amide bonds. The van der Waals surface area contributed by atoms with E-state index in [0.29, 0.717) is 12.0 Å². The minimum absolute atomic E-state index is 0.620. The lowest BCUT2D eigenvalue weighted by atomic mass is 10.2. The standard InChI is InChI=1S/C13H25N5/c1-5-11(3)18(4)10-9-15-12-7-8-16-13(17-12)14-6-2/h7-8,11H,5-6,9-10H2,1-4H3,(H2,14,15,16,17). The second-order valence-electron chi connectivity index (χ2n) is 4.46. The minimum Gasteiger partial charge on any atom is -0.369 e. The molecule has 1 heterocycles. The van der Waals surface area contributed by atoms with E-state index in [2.05, 4.69) is 46.4 Å². The summed E-state index contributed by atoms with van der Waals surface area (Å²) in [5, 5.41) is 6.42. The quantitative estimate of drug-likeness (QED) is 0.740. The lowest BCUT2D eigenvalue weighted by Gasteiger charge is -2.23. The van der Waals surface area contributed by atoms with Crippen molar-refractivity contribution in [3.8, 4) is 0 Å². The van der Waals surface area contributed by atoms with Crippen molar-refractivity contribution >= 4 is 11.8 Å². The van der Waals surface area contributed by atoms with Crippen LogP contribution in [-0.2, 0) is 0 Å². The summed E-state index contributed by atoms with van der Waals surface area (Å²) in [5.74, 6) is 1.55. The average molecular weight is 251 g/mol. The first-order chi connectivity index (χ1) is 8.67. The van der Waals surface area contributed by atoms with Crippen LogP contribution in [-0.4, -0.2) is 47.6 Å². The topological polar surface area (TPSA) is 53.1 Å². The van der Waals surface area contributed by atoms with Gasteiger partial charge in [0.1, 0.15) is 5.82 Å². The van der Waals surface area contributed by atoms with Gasteiger partial charge in [-0.2, -0.15) is 4.98 Å². The van der Waals surface area contributed by atoms with Crippen LogP contribution in [0.25, 0.3) is 0 Å². The molecule has 0 aliphatic rings. The monoisotopic (exact) mass is 251 g/mol. The summed E-state index contributed by atoms with van der Waals surface area (Å²) in [6.07, 6.45) is 2.94. The van der Waals surface area contributed by atoms with Gasteiger partial charge in [0.2, 0.25) is 5.95 Å². The van der Waals surface area contributed by atoms with E-state index in [1.54, 1.807) is 6.20 Å². The number of aromatic nitrogens is 2. The van der Waals surface area contributed by atoms with Crippen molar-refractivity contribution in [1.82, 2.24) is 14.9 Å². The van der Waals surface area contributed by atoms with Crippen molar-refractivity contribution in [3.05, 3.63) is 12.3 Å². The first kappa shape index (κ1) is 14.7. The van der Waals surface area contributed by atoms with E-state index in [1.807, 2.05) is 13.0 Å². The molecular weight excluding hydrogens is 226 g/mol. The SMILES string of the molecule is CCNc1nccc(NCCN(C)C(C)CC)n1. The zero-order valence-electron chi connectivity index (χ0n) is 11.9. The molecule has 0 saturated heterocycles. The van der Waals surface area contributed by atoms with Crippen LogP contribution in [0, 0.1) is 0 Å².